The van der Waals surface area contributed by atoms with E-state index in [1.54, 1.807) is 14.2 Å². The first-order valence-electron chi connectivity index (χ1n) is 14.0. The van der Waals surface area contributed by atoms with Crippen molar-refractivity contribution in [2.24, 2.45) is 9.98 Å². The molecule has 0 unspecified atom stereocenters. The molecule has 0 saturated heterocycles. The Balaban J connectivity index is 1.34. The fourth-order valence-corrected chi connectivity index (χ4v) is 5.88. The Bertz CT molecular complexity index is 1650. The number of hydrogen-bond acceptors (Lipinski definition) is 10. The van der Waals surface area contributed by atoms with E-state index in [9.17, 15) is 10.2 Å². The first kappa shape index (κ1) is 29.8. The molecule has 2 atom stereocenters. The van der Waals surface area contributed by atoms with Crippen molar-refractivity contribution in [1.82, 2.24) is 20.6 Å². The van der Waals surface area contributed by atoms with Crippen LogP contribution in [-0.4, -0.2) is 84.5 Å². The molecular weight excluding hydrogens is 603 g/mol. The predicted molar refractivity (Wildman–Crippen MR) is 172 cm³/mol. The smallest absolute Gasteiger partial charge is 0.224 e. The molecule has 0 saturated carbocycles. The number of benzene rings is 2. The zero-order chi connectivity index (χ0) is 30.8. The maximum absolute atomic E-state index is 9.46. The molecule has 0 amide bonds. The van der Waals surface area contributed by atoms with Gasteiger partial charge in [0.05, 0.1) is 85.2 Å². The zero-order valence-electron chi connectivity index (χ0n) is 24.0. The lowest BCUT2D eigenvalue weighted by Gasteiger charge is -2.16. The Morgan fingerprint density at radius 3 is 1.41 bits per heavy atom. The van der Waals surface area contributed by atoms with Crippen LogP contribution in [0.5, 0.6) is 11.8 Å². The summed E-state index contributed by atoms with van der Waals surface area (Å²) in [6.45, 7) is 0.935. The quantitative estimate of drug-likeness (QED) is 0.215. The van der Waals surface area contributed by atoms with Crippen molar-refractivity contribution in [3.05, 3.63) is 81.8 Å². The minimum Gasteiger partial charge on any atom is -0.480 e. The van der Waals surface area contributed by atoms with Crippen LogP contribution in [0.2, 0.25) is 10.0 Å². The molecule has 0 bridgehead atoms. The van der Waals surface area contributed by atoms with Gasteiger partial charge in [-0.1, -0.05) is 59.6 Å². The number of aliphatic hydroxyl groups excluding tert-OH is 2. The van der Waals surface area contributed by atoms with E-state index in [-0.39, 0.29) is 25.3 Å². The van der Waals surface area contributed by atoms with Gasteiger partial charge in [-0.3, -0.25) is 9.98 Å². The minimum atomic E-state index is -0.131. The second-order valence-electron chi connectivity index (χ2n) is 10.3. The maximum atomic E-state index is 9.46. The molecule has 6 rings (SSSR count). The number of rotatable bonds is 9. The summed E-state index contributed by atoms with van der Waals surface area (Å²) >= 11 is 14.1. The summed E-state index contributed by atoms with van der Waals surface area (Å²) in [7, 11) is 3.11. The molecule has 2 aromatic carbocycles. The fourth-order valence-electron chi connectivity index (χ4n) is 5.23. The van der Waals surface area contributed by atoms with Gasteiger partial charge in [0.2, 0.25) is 11.8 Å². The molecule has 226 valence electrons. The SMILES string of the molecule is COc1nc(-c2cccc(-c3cccc(-c4ccc(C5=NC[C@H](CO)N5)c(OC)n4)c3Cl)c2Cl)ccc1C1=NC[C@H](CO)N1. The van der Waals surface area contributed by atoms with Crippen LogP contribution in [0.25, 0.3) is 33.6 Å². The van der Waals surface area contributed by atoms with Gasteiger partial charge in [0.1, 0.15) is 11.7 Å². The van der Waals surface area contributed by atoms with E-state index in [4.69, 9.17) is 42.6 Å². The highest BCUT2D eigenvalue weighted by Crippen LogP contribution is 2.42. The van der Waals surface area contributed by atoms with Crippen molar-refractivity contribution in [3.8, 4) is 45.4 Å². The van der Waals surface area contributed by atoms with Gasteiger partial charge >= 0.3 is 0 Å². The highest BCUT2D eigenvalue weighted by molar-refractivity contribution is 6.39. The van der Waals surface area contributed by atoms with Crippen molar-refractivity contribution >= 4 is 34.9 Å². The molecule has 0 aliphatic carbocycles. The number of ether oxygens (including phenoxy) is 2. The van der Waals surface area contributed by atoms with Crippen LogP contribution < -0.4 is 20.1 Å². The van der Waals surface area contributed by atoms with E-state index in [1.807, 2.05) is 60.7 Å². The highest BCUT2D eigenvalue weighted by atomic mass is 35.5. The second-order valence-corrected chi connectivity index (χ2v) is 11.0. The van der Waals surface area contributed by atoms with E-state index in [1.165, 1.54) is 0 Å². The number of aliphatic hydroxyl groups is 2. The van der Waals surface area contributed by atoms with E-state index in [2.05, 4.69) is 20.6 Å². The van der Waals surface area contributed by atoms with Crippen LogP contribution in [-0.2, 0) is 0 Å². The third-order valence-electron chi connectivity index (χ3n) is 7.52. The van der Waals surface area contributed by atoms with Gasteiger partial charge in [-0.15, -0.1) is 0 Å². The summed E-state index contributed by atoms with van der Waals surface area (Å²) in [5, 5.41) is 26.3. The summed E-state index contributed by atoms with van der Waals surface area (Å²) in [5.41, 5.74) is 5.53. The van der Waals surface area contributed by atoms with Crippen LogP contribution in [0.3, 0.4) is 0 Å². The number of aliphatic imine (C=N–C) groups is 2. The van der Waals surface area contributed by atoms with Crippen LogP contribution in [0.4, 0.5) is 0 Å². The molecule has 4 aromatic rings. The molecule has 10 nitrogen and oxygen atoms in total. The number of aromatic nitrogens is 2. The summed E-state index contributed by atoms with van der Waals surface area (Å²) in [5.74, 6) is 2.04. The zero-order valence-corrected chi connectivity index (χ0v) is 25.5. The lowest BCUT2D eigenvalue weighted by atomic mass is 9.98. The lowest BCUT2D eigenvalue weighted by molar-refractivity contribution is 0.263. The molecule has 0 fully saturated rings. The molecule has 12 heteroatoms. The molecule has 2 aliphatic rings. The van der Waals surface area contributed by atoms with Gasteiger partial charge in [-0.25, -0.2) is 9.97 Å². The first-order valence-corrected chi connectivity index (χ1v) is 14.7. The Morgan fingerprint density at radius 1 is 0.636 bits per heavy atom. The lowest BCUT2D eigenvalue weighted by Crippen LogP contribution is -2.33. The van der Waals surface area contributed by atoms with E-state index >= 15 is 0 Å². The molecule has 4 N–H and O–H groups in total. The van der Waals surface area contributed by atoms with Crippen molar-refractivity contribution < 1.29 is 19.7 Å². The van der Waals surface area contributed by atoms with Gasteiger partial charge in [0, 0.05) is 22.3 Å². The van der Waals surface area contributed by atoms with Gasteiger partial charge < -0.3 is 30.3 Å². The first-order chi connectivity index (χ1) is 21.4. The Morgan fingerprint density at radius 2 is 1.05 bits per heavy atom. The largest absolute Gasteiger partial charge is 0.480 e. The number of amidine groups is 2. The number of nitrogens with zero attached hydrogens (tertiary/aromatic N) is 4. The molecule has 2 aliphatic heterocycles. The third kappa shape index (κ3) is 5.57. The van der Waals surface area contributed by atoms with Crippen LogP contribution >= 0.6 is 23.2 Å². The van der Waals surface area contributed by atoms with Gasteiger partial charge in [0.25, 0.3) is 0 Å². The average Bonchev–Trinajstić information content (AvgIpc) is 3.75. The number of methoxy groups -OCH3 is 2. The Kier molecular flexibility index (Phi) is 8.67. The molecule has 2 aromatic heterocycles. The Labute approximate surface area is 264 Å². The van der Waals surface area contributed by atoms with E-state index < -0.39 is 0 Å². The van der Waals surface area contributed by atoms with Crippen molar-refractivity contribution in [2.45, 2.75) is 12.1 Å². The molecular formula is C32H30Cl2N6O4. The number of hydrogen-bond donors (Lipinski definition) is 4. The molecule has 44 heavy (non-hydrogen) atoms. The molecule has 4 heterocycles. The standard InChI is InChI=1S/C32H30Cl2N6O4/c1-43-31-23(29-35-13-17(15-41)37-29)9-11-25(39-31)21-7-3-5-19(27(21)33)20-6-4-8-22(28(20)34)26-12-10-24(32(40-26)44-2)30-36-14-18(16-42)38-30/h3-12,17-18,41-42H,13-16H2,1-2H3,(H,35,37)(H,36,38)/t17-,18-/m1/s1. The number of halogens is 2. The van der Waals surface area contributed by atoms with Crippen molar-refractivity contribution in [2.75, 3.05) is 40.5 Å². The predicted octanol–water partition coefficient (Wildman–Crippen LogP) is 4.22. The van der Waals surface area contributed by atoms with Crippen molar-refractivity contribution in [3.63, 3.8) is 0 Å². The van der Waals surface area contributed by atoms with Crippen LogP contribution in [0.15, 0.2) is 70.6 Å². The van der Waals surface area contributed by atoms with E-state index in [0.29, 0.717) is 80.2 Å². The maximum Gasteiger partial charge on any atom is 0.224 e. The normalized spacial score (nSPS) is 17.5. The van der Waals surface area contributed by atoms with Crippen LogP contribution in [0, 0.1) is 0 Å². The third-order valence-corrected chi connectivity index (χ3v) is 8.33. The minimum absolute atomic E-state index is 0.0130. The average molecular weight is 634 g/mol. The summed E-state index contributed by atoms with van der Waals surface area (Å²) < 4.78 is 11.2. The molecule has 0 radical (unpaired) electrons. The Hall–Kier alpha value is -4.22. The monoisotopic (exact) mass is 632 g/mol. The highest BCUT2D eigenvalue weighted by Gasteiger charge is 2.24. The van der Waals surface area contributed by atoms with E-state index in [0.717, 1.165) is 11.1 Å². The summed E-state index contributed by atoms with van der Waals surface area (Å²) in [6, 6.07) is 18.6. The fraction of sp³-hybridized carbons (Fsp3) is 0.250. The van der Waals surface area contributed by atoms with Gasteiger partial charge in [-0.2, -0.15) is 0 Å². The second kappa shape index (κ2) is 12.8. The topological polar surface area (TPSA) is 133 Å². The van der Waals surface area contributed by atoms with Gasteiger partial charge in [0.15, 0.2) is 0 Å². The van der Waals surface area contributed by atoms with Crippen molar-refractivity contribution in [1.29, 1.82) is 0 Å². The van der Waals surface area contributed by atoms with Crippen LogP contribution in [0.1, 0.15) is 11.1 Å². The number of pyridine rings is 2. The summed E-state index contributed by atoms with van der Waals surface area (Å²) in [6.07, 6.45) is 0. The van der Waals surface area contributed by atoms with Gasteiger partial charge in [-0.05, 0) is 24.3 Å². The number of nitrogens with one attached hydrogen (secondary N) is 2. The summed E-state index contributed by atoms with van der Waals surface area (Å²) in [4.78, 5) is 18.4. The molecule has 0 spiro atoms.